The van der Waals surface area contributed by atoms with Crippen molar-refractivity contribution in [3.05, 3.63) is 29.8 Å². The molecule has 1 aromatic carbocycles. The molecule has 1 aromatic rings. The first-order valence-corrected chi connectivity index (χ1v) is 11.8. The van der Waals surface area contributed by atoms with Crippen molar-refractivity contribution in [2.24, 2.45) is 0 Å². The topological polar surface area (TPSA) is 231 Å². The molecule has 0 radical (unpaired) electrons. The Morgan fingerprint density at radius 2 is 1.69 bits per heavy atom. The number of ether oxygens (including phenoxy) is 6. The number of aliphatic hydroxyl groups is 6. The quantitative estimate of drug-likeness (QED) is 0.113. The molecule has 15 heteroatoms. The molecule has 3 rings (SSSR count). The number of carbonyl (C=O) groups is 2. The van der Waals surface area contributed by atoms with Crippen molar-refractivity contribution < 1.29 is 73.8 Å². The third-order valence-electron chi connectivity index (χ3n) is 6.17. The Labute approximate surface area is 222 Å². The van der Waals surface area contributed by atoms with Crippen molar-refractivity contribution in [2.75, 3.05) is 26.9 Å². The Bertz CT molecular complexity index is 1030. The summed E-state index contributed by atoms with van der Waals surface area (Å²) in [7, 11) is 1.36. The Morgan fingerprint density at radius 1 is 1.00 bits per heavy atom. The maximum Gasteiger partial charge on any atom is 0.330 e. The van der Waals surface area contributed by atoms with E-state index in [1.165, 1.54) is 31.4 Å². The molecule has 0 amide bonds. The Kier molecular flexibility index (Phi) is 10.2. The highest BCUT2D eigenvalue weighted by Crippen LogP contribution is 2.36. The van der Waals surface area contributed by atoms with Gasteiger partial charge in [0.25, 0.3) is 0 Å². The van der Waals surface area contributed by atoms with Crippen LogP contribution in [0.4, 0.5) is 0 Å². The van der Waals surface area contributed by atoms with Crippen LogP contribution in [0.15, 0.2) is 24.3 Å². The summed E-state index contributed by atoms with van der Waals surface area (Å²) in [5.41, 5.74) is 0.507. The second-order valence-corrected chi connectivity index (χ2v) is 8.89. The van der Waals surface area contributed by atoms with Gasteiger partial charge in [-0.05, 0) is 23.8 Å². The number of aromatic hydroxyl groups is 1. The maximum atomic E-state index is 12.2. The van der Waals surface area contributed by atoms with Gasteiger partial charge in [0.2, 0.25) is 5.79 Å². The molecule has 0 saturated carbocycles. The van der Waals surface area contributed by atoms with Gasteiger partial charge < -0.3 is 64.2 Å². The van der Waals surface area contributed by atoms with Gasteiger partial charge in [-0.25, -0.2) is 4.79 Å². The van der Waals surface area contributed by atoms with E-state index in [4.69, 9.17) is 28.4 Å². The fraction of sp³-hybridized carbons (Fsp3) is 0.583. The SMILES string of the molecule is COc1cc(/C=C/C(=O)OC[C@H]2O[C@@](CO)(O[C@H]3O[C@H](COC(C)=O)[C@@H](O)[C@H](O)[C@H]3O)[C@@H](O)[C@@H]2O)ccc1O. The number of hydrogen-bond donors (Lipinski definition) is 7. The number of benzene rings is 1. The van der Waals surface area contributed by atoms with Gasteiger partial charge in [0, 0.05) is 13.0 Å². The molecular formula is C24H32O15. The minimum Gasteiger partial charge on any atom is -0.504 e. The predicted octanol–water partition coefficient (Wildman–Crippen LogP) is -2.85. The number of aliphatic hydroxyl groups excluding tert-OH is 6. The van der Waals surface area contributed by atoms with Crippen LogP contribution in [0.5, 0.6) is 11.5 Å². The van der Waals surface area contributed by atoms with Gasteiger partial charge in [-0.3, -0.25) is 4.79 Å². The summed E-state index contributed by atoms with van der Waals surface area (Å²) in [6.45, 7) is -1.07. The fourth-order valence-electron chi connectivity index (χ4n) is 3.98. The lowest BCUT2D eigenvalue weighted by atomic mass is 9.99. The summed E-state index contributed by atoms with van der Waals surface area (Å²) in [5, 5.41) is 71.2. The molecule has 2 aliphatic heterocycles. The zero-order chi connectivity index (χ0) is 28.9. The molecular weight excluding hydrogens is 528 g/mol. The first-order chi connectivity index (χ1) is 18.4. The minimum atomic E-state index is -2.39. The van der Waals surface area contributed by atoms with Crippen LogP contribution in [0.2, 0.25) is 0 Å². The molecule has 39 heavy (non-hydrogen) atoms. The normalized spacial score (nSPS) is 34.7. The van der Waals surface area contributed by atoms with Crippen LogP contribution in [0.3, 0.4) is 0 Å². The second kappa shape index (κ2) is 13.0. The molecule has 15 nitrogen and oxygen atoms in total. The number of rotatable bonds is 10. The van der Waals surface area contributed by atoms with E-state index in [2.05, 4.69) is 0 Å². The summed E-state index contributed by atoms with van der Waals surface area (Å²) < 4.78 is 31.1. The lowest BCUT2D eigenvalue weighted by Gasteiger charge is -2.43. The monoisotopic (exact) mass is 560 g/mol. The standard InChI is InChI=1S/C24H32O15/c1-11(26)35-8-15-18(29)20(31)21(32)23(37-15)39-24(10-25)22(33)19(30)16(38-24)9-36-17(28)6-4-12-3-5-13(27)14(7-12)34-2/h3-7,15-16,18-23,25,27,29-33H,8-10H2,1-2H3/b6-4+/t15-,16-,18-,19-,20+,21-,22+,23-,24+/m1/s1. The van der Waals surface area contributed by atoms with E-state index in [1.807, 2.05) is 0 Å². The summed E-state index contributed by atoms with van der Waals surface area (Å²) in [4.78, 5) is 23.3. The van der Waals surface area contributed by atoms with E-state index in [-0.39, 0.29) is 11.5 Å². The number of esters is 2. The van der Waals surface area contributed by atoms with Crippen molar-refractivity contribution in [2.45, 2.75) is 61.7 Å². The molecule has 9 atom stereocenters. The maximum absolute atomic E-state index is 12.2. The van der Waals surface area contributed by atoms with E-state index >= 15 is 0 Å². The summed E-state index contributed by atoms with van der Waals surface area (Å²) in [6, 6.07) is 4.36. The van der Waals surface area contributed by atoms with Crippen LogP contribution in [-0.2, 0) is 33.3 Å². The molecule has 0 aromatic heterocycles. The van der Waals surface area contributed by atoms with Gasteiger partial charge in [0.05, 0.1) is 7.11 Å². The van der Waals surface area contributed by atoms with Gasteiger partial charge in [-0.2, -0.15) is 0 Å². The summed E-state index contributed by atoms with van der Waals surface area (Å²) in [6.07, 6.45) is -11.2. The minimum absolute atomic E-state index is 0.0884. The fourth-order valence-corrected chi connectivity index (χ4v) is 3.98. The van der Waals surface area contributed by atoms with Crippen LogP contribution in [0.25, 0.3) is 6.08 Å². The first kappa shape index (κ1) is 30.7. The highest BCUT2D eigenvalue weighted by Gasteiger charge is 2.58. The Morgan fingerprint density at radius 3 is 2.33 bits per heavy atom. The highest BCUT2D eigenvalue weighted by molar-refractivity contribution is 5.87. The molecule has 7 N–H and O–H groups in total. The number of phenolic OH excluding ortho intramolecular Hbond substituents is 1. The van der Waals surface area contributed by atoms with Gasteiger partial charge in [0.1, 0.15) is 62.5 Å². The smallest absolute Gasteiger partial charge is 0.330 e. The van der Waals surface area contributed by atoms with Crippen molar-refractivity contribution in [1.82, 2.24) is 0 Å². The second-order valence-electron chi connectivity index (χ2n) is 8.89. The van der Waals surface area contributed by atoms with E-state index in [0.717, 1.165) is 13.0 Å². The molecule has 0 bridgehead atoms. The first-order valence-electron chi connectivity index (χ1n) is 11.8. The van der Waals surface area contributed by atoms with Crippen LogP contribution >= 0.6 is 0 Å². The van der Waals surface area contributed by atoms with Gasteiger partial charge in [-0.1, -0.05) is 6.07 Å². The molecule has 218 valence electrons. The molecule has 0 unspecified atom stereocenters. The lowest BCUT2D eigenvalue weighted by molar-refractivity contribution is -0.383. The zero-order valence-electron chi connectivity index (χ0n) is 21.0. The average Bonchev–Trinajstić information content (AvgIpc) is 3.15. The number of methoxy groups -OCH3 is 1. The Balaban J connectivity index is 1.64. The van der Waals surface area contributed by atoms with E-state index < -0.39 is 86.6 Å². The van der Waals surface area contributed by atoms with Crippen molar-refractivity contribution in [3.8, 4) is 11.5 Å². The van der Waals surface area contributed by atoms with Gasteiger partial charge in [-0.15, -0.1) is 0 Å². The third-order valence-corrected chi connectivity index (χ3v) is 6.17. The molecule has 0 spiro atoms. The number of carbonyl (C=O) groups excluding carboxylic acids is 2. The molecule has 2 aliphatic rings. The van der Waals surface area contributed by atoms with E-state index in [9.17, 15) is 45.3 Å². The Hall–Kier alpha value is -2.86. The van der Waals surface area contributed by atoms with Crippen molar-refractivity contribution in [1.29, 1.82) is 0 Å². The van der Waals surface area contributed by atoms with Crippen LogP contribution in [0, 0.1) is 0 Å². The van der Waals surface area contributed by atoms with E-state index in [1.54, 1.807) is 0 Å². The predicted molar refractivity (Wildman–Crippen MR) is 126 cm³/mol. The number of hydrogen-bond acceptors (Lipinski definition) is 15. The van der Waals surface area contributed by atoms with Crippen LogP contribution in [0.1, 0.15) is 12.5 Å². The molecule has 0 aliphatic carbocycles. The third kappa shape index (κ3) is 7.02. The molecule has 2 fully saturated rings. The summed E-state index contributed by atoms with van der Waals surface area (Å²) >= 11 is 0. The van der Waals surface area contributed by atoms with E-state index in [0.29, 0.717) is 5.56 Å². The average molecular weight is 561 g/mol. The van der Waals surface area contributed by atoms with Crippen LogP contribution < -0.4 is 4.74 Å². The van der Waals surface area contributed by atoms with Gasteiger partial charge in [0.15, 0.2) is 17.8 Å². The lowest BCUT2D eigenvalue weighted by Crippen LogP contribution is -2.62. The van der Waals surface area contributed by atoms with Gasteiger partial charge >= 0.3 is 11.9 Å². The highest BCUT2D eigenvalue weighted by atomic mass is 16.8. The zero-order valence-corrected chi connectivity index (χ0v) is 21.0. The van der Waals surface area contributed by atoms with Crippen LogP contribution in [-0.4, -0.2) is 129 Å². The molecule has 2 heterocycles. The van der Waals surface area contributed by atoms with Crippen molar-refractivity contribution in [3.63, 3.8) is 0 Å². The van der Waals surface area contributed by atoms with Crippen molar-refractivity contribution >= 4 is 18.0 Å². The largest absolute Gasteiger partial charge is 0.504 e. The molecule has 2 saturated heterocycles. The number of phenols is 1. The summed E-state index contributed by atoms with van der Waals surface area (Å²) in [5.74, 6) is -3.85.